The molecule has 13 heavy (non-hydrogen) atoms. The lowest BCUT2D eigenvalue weighted by Crippen LogP contribution is -2.46. The van der Waals surface area contributed by atoms with Crippen molar-refractivity contribution in [2.24, 2.45) is 17.7 Å². The Hall–Kier alpha value is -0.610. The van der Waals surface area contributed by atoms with Crippen LogP contribution in [0, 0.1) is 11.8 Å². The second-order valence-electron chi connectivity index (χ2n) is 4.09. The van der Waals surface area contributed by atoms with Crippen molar-refractivity contribution < 1.29 is 4.79 Å². The van der Waals surface area contributed by atoms with Gasteiger partial charge in [0.2, 0.25) is 0 Å². The van der Waals surface area contributed by atoms with Crippen molar-refractivity contribution in [1.29, 1.82) is 0 Å². The first-order valence-electron chi connectivity index (χ1n) is 4.80. The molecule has 3 N–H and O–H groups in total. The molecule has 0 radical (unpaired) electrons. The Bertz CT molecular complexity index is 185. The van der Waals surface area contributed by atoms with Gasteiger partial charge >= 0.3 is 0 Å². The van der Waals surface area contributed by atoms with Gasteiger partial charge in [0.1, 0.15) is 0 Å². The molecule has 3 unspecified atom stereocenters. The van der Waals surface area contributed by atoms with Gasteiger partial charge in [-0.25, -0.2) is 5.84 Å². The minimum atomic E-state index is -0.0996. The normalized spacial score (nSPS) is 31.7. The van der Waals surface area contributed by atoms with Gasteiger partial charge < -0.3 is 0 Å². The fourth-order valence-electron chi connectivity index (χ4n) is 1.78. The quantitative estimate of drug-likeness (QED) is 0.360. The number of nitrogens with zero attached hydrogens (tertiary/aromatic N) is 1. The van der Waals surface area contributed by atoms with E-state index in [9.17, 15) is 4.79 Å². The van der Waals surface area contributed by atoms with Crippen LogP contribution in [0.3, 0.4) is 0 Å². The highest BCUT2D eigenvalue weighted by Crippen LogP contribution is 2.23. The first-order chi connectivity index (χ1) is 6.06. The number of carbonyl (C=O) groups excluding carboxylic acids is 1. The molecule has 1 rings (SSSR count). The maximum atomic E-state index is 11.2. The maximum Gasteiger partial charge on any atom is 0.250 e. The van der Waals surface area contributed by atoms with E-state index in [0.717, 1.165) is 13.1 Å². The van der Waals surface area contributed by atoms with E-state index in [4.69, 9.17) is 5.84 Å². The van der Waals surface area contributed by atoms with E-state index in [1.54, 1.807) is 0 Å². The molecule has 1 saturated heterocycles. The average Bonchev–Trinajstić information content (AvgIpc) is 2.44. The van der Waals surface area contributed by atoms with Crippen LogP contribution in [-0.2, 0) is 4.79 Å². The van der Waals surface area contributed by atoms with Gasteiger partial charge in [-0.15, -0.1) is 0 Å². The molecular formula is C9H19N3O. The SMILES string of the molecule is CC1CN(C(C)C(=O)NN)CC1C. The molecule has 1 aliphatic heterocycles. The summed E-state index contributed by atoms with van der Waals surface area (Å²) < 4.78 is 0. The van der Waals surface area contributed by atoms with Crippen molar-refractivity contribution in [2.45, 2.75) is 26.8 Å². The lowest BCUT2D eigenvalue weighted by Gasteiger charge is -2.22. The molecule has 1 amide bonds. The lowest BCUT2D eigenvalue weighted by molar-refractivity contribution is -0.125. The molecule has 1 aliphatic rings. The summed E-state index contributed by atoms with van der Waals surface area (Å²) in [5.74, 6) is 6.34. The van der Waals surface area contributed by atoms with Crippen molar-refractivity contribution in [3.05, 3.63) is 0 Å². The fraction of sp³-hybridized carbons (Fsp3) is 0.889. The fourth-order valence-corrected chi connectivity index (χ4v) is 1.78. The largest absolute Gasteiger partial charge is 0.293 e. The summed E-state index contributed by atoms with van der Waals surface area (Å²) in [6.07, 6.45) is 0. The van der Waals surface area contributed by atoms with E-state index in [-0.39, 0.29) is 11.9 Å². The molecule has 0 aliphatic carbocycles. The Morgan fingerprint density at radius 3 is 2.31 bits per heavy atom. The van der Waals surface area contributed by atoms with E-state index in [2.05, 4.69) is 24.2 Å². The van der Waals surface area contributed by atoms with Crippen molar-refractivity contribution >= 4 is 5.91 Å². The molecule has 0 aromatic rings. The van der Waals surface area contributed by atoms with Crippen molar-refractivity contribution in [1.82, 2.24) is 10.3 Å². The summed E-state index contributed by atoms with van der Waals surface area (Å²) in [6, 6.07) is -0.0996. The molecule has 3 atom stereocenters. The third-order valence-corrected chi connectivity index (χ3v) is 3.09. The van der Waals surface area contributed by atoms with Gasteiger partial charge in [0.25, 0.3) is 5.91 Å². The number of hydrazine groups is 1. The topological polar surface area (TPSA) is 58.4 Å². The average molecular weight is 185 g/mol. The van der Waals surface area contributed by atoms with Gasteiger partial charge in [-0.1, -0.05) is 13.8 Å². The van der Waals surface area contributed by atoms with Gasteiger partial charge in [0.05, 0.1) is 6.04 Å². The number of amides is 1. The van der Waals surface area contributed by atoms with Crippen LogP contribution in [-0.4, -0.2) is 29.9 Å². The van der Waals surface area contributed by atoms with Crippen LogP contribution < -0.4 is 11.3 Å². The number of likely N-dealkylation sites (tertiary alicyclic amines) is 1. The van der Waals surface area contributed by atoms with Crippen LogP contribution in [0.1, 0.15) is 20.8 Å². The molecule has 4 nitrogen and oxygen atoms in total. The Morgan fingerprint density at radius 1 is 1.46 bits per heavy atom. The summed E-state index contributed by atoms with van der Waals surface area (Å²) in [4.78, 5) is 13.4. The Kier molecular flexibility index (Phi) is 3.27. The molecule has 0 saturated carbocycles. The number of carbonyl (C=O) groups is 1. The van der Waals surface area contributed by atoms with Gasteiger partial charge in [-0.2, -0.15) is 0 Å². The van der Waals surface area contributed by atoms with Crippen molar-refractivity contribution in [3.8, 4) is 0 Å². The van der Waals surface area contributed by atoms with Crippen LogP contribution in [0.25, 0.3) is 0 Å². The van der Waals surface area contributed by atoms with Crippen LogP contribution in [0.15, 0.2) is 0 Å². The summed E-state index contributed by atoms with van der Waals surface area (Å²) in [7, 11) is 0. The van der Waals surface area contributed by atoms with Gasteiger partial charge in [-0.3, -0.25) is 15.1 Å². The standard InChI is InChI=1S/C9H19N3O/c1-6-4-12(5-7(6)2)8(3)9(13)11-10/h6-8H,4-5,10H2,1-3H3,(H,11,13). The van der Waals surface area contributed by atoms with Gasteiger partial charge in [-0.05, 0) is 18.8 Å². The number of hydrogen-bond donors (Lipinski definition) is 2. The summed E-state index contributed by atoms with van der Waals surface area (Å²) in [5.41, 5.74) is 2.19. The second kappa shape index (κ2) is 4.07. The highest BCUT2D eigenvalue weighted by atomic mass is 16.2. The first-order valence-corrected chi connectivity index (χ1v) is 4.80. The number of hydrogen-bond acceptors (Lipinski definition) is 3. The van der Waals surface area contributed by atoms with Crippen LogP contribution >= 0.6 is 0 Å². The minimum absolute atomic E-state index is 0.0960. The van der Waals surface area contributed by atoms with Gasteiger partial charge in [0, 0.05) is 13.1 Å². The van der Waals surface area contributed by atoms with Crippen molar-refractivity contribution in [2.75, 3.05) is 13.1 Å². The smallest absolute Gasteiger partial charge is 0.250 e. The Morgan fingerprint density at radius 2 is 1.92 bits per heavy atom. The minimum Gasteiger partial charge on any atom is -0.293 e. The second-order valence-corrected chi connectivity index (χ2v) is 4.09. The number of rotatable bonds is 2. The number of nitrogens with two attached hydrogens (primary N) is 1. The van der Waals surface area contributed by atoms with E-state index in [1.807, 2.05) is 6.92 Å². The van der Waals surface area contributed by atoms with Gasteiger partial charge in [0.15, 0.2) is 0 Å². The molecule has 0 aromatic carbocycles. The van der Waals surface area contributed by atoms with Crippen molar-refractivity contribution in [3.63, 3.8) is 0 Å². The maximum absolute atomic E-state index is 11.2. The first kappa shape index (κ1) is 10.5. The van der Waals surface area contributed by atoms with Crippen LogP contribution in [0.5, 0.6) is 0 Å². The molecule has 0 bridgehead atoms. The predicted octanol–water partition coefficient (Wildman–Crippen LogP) is -0.0474. The monoisotopic (exact) mass is 185 g/mol. The van der Waals surface area contributed by atoms with E-state index >= 15 is 0 Å². The molecule has 1 heterocycles. The lowest BCUT2D eigenvalue weighted by atomic mass is 10.0. The third-order valence-electron chi connectivity index (χ3n) is 3.09. The molecule has 1 fully saturated rings. The summed E-state index contributed by atoms with van der Waals surface area (Å²) >= 11 is 0. The van der Waals surface area contributed by atoms with Crippen LogP contribution in [0.2, 0.25) is 0 Å². The molecule has 4 heteroatoms. The Balaban J connectivity index is 2.50. The zero-order chi connectivity index (χ0) is 10.0. The predicted molar refractivity (Wildman–Crippen MR) is 51.7 cm³/mol. The van der Waals surface area contributed by atoms with Crippen LogP contribution in [0.4, 0.5) is 0 Å². The highest BCUT2D eigenvalue weighted by molar-refractivity contribution is 5.80. The molecule has 0 aromatic heterocycles. The highest BCUT2D eigenvalue weighted by Gasteiger charge is 2.31. The molecule has 0 spiro atoms. The van der Waals surface area contributed by atoms with E-state index < -0.39 is 0 Å². The number of nitrogens with one attached hydrogen (secondary N) is 1. The third kappa shape index (κ3) is 2.19. The Labute approximate surface area is 79.4 Å². The summed E-state index contributed by atoms with van der Waals surface area (Å²) in [6.45, 7) is 8.33. The molecular weight excluding hydrogens is 166 g/mol. The van der Waals surface area contributed by atoms with E-state index in [1.165, 1.54) is 0 Å². The summed E-state index contributed by atoms with van der Waals surface area (Å²) in [5, 5.41) is 0. The van der Waals surface area contributed by atoms with E-state index in [0.29, 0.717) is 11.8 Å². The zero-order valence-corrected chi connectivity index (χ0v) is 8.58. The zero-order valence-electron chi connectivity index (χ0n) is 8.58. The molecule has 76 valence electrons.